The van der Waals surface area contributed by atoms with E-state index >= 15 is 0 Å². The standard InChI is InChI=1S/C51H31N3OS/c1-4-14-32(15-5-1)35-20-12-21-36(30-35)38-28-29-40(47-41-22-10-11-24-43(41)55-48(38)47)39-23-13-25-44-46(39)42-27-26-37(31-45(42)56-44)51-53-49(33-16-6-2-7-17-33)52-50(54-51)34-18-8-3-9-19-34/h1-31H. The second kappa shape index (κ2) is 13.3. The number of hydrogen-bond acceptors (Lipinski definition) is 5. The van der Waals surface area contributed by atoms with E-state index in [-0.39, 0.29) is 0 Å². The predicted molar refractivity (Wildman–Crippen MR) is 233 cm³/mol. The first kappa shape index (κ1) is 32.2. The third-order valence-corrected chi connectivity index (χ3v) is 11.7. The smallest absolute Gasteiger partial charge is 0.164 e. The number of thiophene rings is 1. The molecule has 0 saturated heterocycles. The van der Waals surface area contributed by atoms with Crippen molar-refractivity contribution in [2.24, 2.45) is 0 Å². The molecule has 8 aromatic carbocycles. The van der Waals surface area contributed by atoms with Gasteiger partial charge >= 0.3 is 0 Å². The summed E-state index contributed by atoms with van der Waals surface area (Å²) in [7, 11) is 0. The van der Waals surface area contributed by atoms with Gasteiger partial charge in [-0.2, -0.15) is 0 Å². The van der Waals surface area contributed by atoms with E-state index in [1.165, 1.54) is 36.9 Å². The summed E-state index contributed by atoms with van der Waals surface area (Å²) in [6.45, 7) is 0. The maximum absolute atomic E-state index is 6.76. The number of fused-ring (bicyclic) bond motifs is 6. The molecule has 3 heterocycles. The Morgan fingerprint density at radius 1 is 0.339 bits per heavy atom. The van der Waals surface area contributed by atoms with E-state index in [1.807, 2.05) is 66.7 Å². The Bertz CT molecular complexity index is 3180. The van der Waals surface area contributed by atoms with E-state index in [2.05, 4.69) is 121 Å². The molecule has 5 heteroatoms. The highest BCUT2D eigenvalue weighted by molar-refractivity contribution is 7.26. The van der Waals surface area contributed by atoms with Crippen molar-refractivity contribution in [1.82, 2.24) is 15.0 Å². The van der Waals surface area contributed by atoms with E-state index in [0.717, 1.165) is 55.3 Å². The molecule has 11 rings (SSSR count). The van der Waals surface area contributed by atoms with Gasteiger partial charge in [-0.25, -0.2) is 15.0 Å². The van der Waals surface area contributed by atoms with Gasteiger partial charge in [0.2, 0.25) is 0 Å². The van der Waals surface area contributed by atoms with Crippen LogP contribution in [0.15, 0.2) is 192 Å². The molecule has 56 heavy (non-hydrogen) atoms. The molecule has 0 unspecified atom stereocenters. The lowest BCUT2D eigenvalue weighted by Crippen LogP contribution is -1.99. The quantitative estimate of drug-likeness (QED) is 0.171. The van der Waals surface area contributed by atoms with E-state index in [0.29, 0.717) is 17.5 Å². The summed E-state index contributed by atoms with van der Waals surface area (Å²) in [4.78, 5) is 14.9. The van der Waals surface area contributed by atoms with Crippen LogP contribution in [0.1, 0.15) is 0 Å². The maximum Gasteiger partial charge on any atom is 0.164 e. The van der Waals surface area contributed by atoms with Crippen LogP contribution in [-0.2, 0) is 0 Å². The summed E-state index contributed by atoms with van der Waals surface area (Å²) in [5.41, 5.74) is 11.5. The number of para-hydroxylation sites is 1. The summed E-state index contributed by atoms with van der Waals surface area (Å²) in [6, 6.07) is 65.6. The molecule has 0 radical (unpaired) electrons. The molecule has 3 aromatic heterocycles. The Morgan fingerprint density at radius 3 is 1.64 bits per heavy atom. The van der Waals surface area contributed by atoms with Gasteiger partial charge in [-0.1, -0.05) is 158 Å². The van der Waals surface area contributed by atoms with Crippen LogP contribution in [0, 0.1) is 0 Å². The molecule has 4 nitrogen and oxygen atoms in total. The van der Waals surface area contributed by atoms with Gasteiger partial charge in [0, 0.05) is 53.2 Å². The van der Waals surface area contributed by atoms with Crippen molar-refractivity contribution in [3.8, 4) is 67.5 Å². The Labute approximate surface area is 327 Å². The van der Waals surface area contributed by atoms with Gasteiger partial charge in [-0.3, -0.25) is 0 Å². The van der Waals surface area contributed by atoms with Crippen molar-refractivity contribution in [3.63, 3.8) is 0 Å². The van der Waals surface area contributed by atoms with Crippen LogP contribution in [0.5, 0.6) is 0 Å². The predicted octanol–water partition coefficient (Wildman–Crippen LogP) is 14.1. The minimum Gasteiger partial charge on any atom is -0.455 e. The summed E-state index contributed by atoms with van der Waals surface area (Å²) in [6.07, 6.45) is 0. The maximum atomic E-state index is 6.76. The molecule has 0 fully saturated rings. The van der Waals surface area contributed by atoms with Crippen LogP contribution in [0.25, 0.3) is 110 Å². The molecule has 11 aromatic rings. The normalized spacial score (nSPS) is 11.6. The van der Waals surface area contributed by atoms with Crippen molar-refractivity contribution in [1.29, 1.82) is 0 Å². The lowest BCUT2D eigenvalue weighted by Gasteiger charge is -2.11. The topological polar surface area (TPSA) is 51.8 Å². The second-order valence-electron chi connectivity index (χ2n) is 13.9. The van der Waals surface area contributed by atoms with Crippen molar-refractivity contribution in [3.05, 3.63) is 188 Å². The Morgan fingerprint density at radius 2 is 0.911 bits per heavy atom. The van der Waals surface area contributed by atoms with E-state index < -0.39 is 0 Å². The molecule has 0 spiro atoms. The lowest BCUT2D eigenvalue weighted by molar-refractivity contribution is 0.670. The van der Waals surface area contributed by atoms with Crippen LogP contribution >= 0.6 is 11.3 Å². The number of nitrogens with zero attached hydrogens (tertiary/aromatic N) is 3. The summed E-state index contributed by atoms with van der Waals surface area (Å²) in [5.74, 6) is 1.95. The van der Waals surface area contributed by atoms with E-state index in [1.54, 1.807) is 11.3 Å². The molecule has 0 aliphatic heterocycles. The number of rotatable bonds is 6. The minimum absolute atomic E-state index is 0.649. The summed E-state index contributed by atoms with van der Waals surface area (Å²) < 4.78 is 9.16. The third kappa shape index (κ3) is 5.48. The second-order valence-corrected chi connectivity index (χ2v) is 15.0. The van der Waals surface area contributed by atoms with E-state index in [9.17, 15) is 0 Å². The van der Waals surface area contributed by atoms with Gasteiger partial charge in [0.15, 0.2) is 17.5 Å². The van der Waals surface area contributed by atoms with Crippen molar-refractivity contribution < 1.29 is 4.42 Å². The molecular formula is C51H31N3OS. The number of furan rings is 1. The molecule has 0 bridgehead atoms. The van der Waals surface area contributed by atoms with Crippen LogP contribution < -0.4 is 0 Å². The molecular weight excluding hydrogens is 703 g/mol. The Hall–Kier alpha value is -7.21. The molecule has 0 saturated carbocycles. The van der Waals surface area contributed by atoms with Gasteiger partial charge in [-0.15, -0.1) is 11.3 Å². The lowest BCUT2D eigenvalue weighted by atomic mass is 9.91. The highest BCUT2D eigenvalue weighted by Crippen LogP contribution is 2.47. The van der Waals surface area contributed by atoms with Gasteiger partial charge in [-0.05, 0) is 58.1 Å². The van der Waals surface area contributed by atoms with Crippen molar-refractivity contribution in [2.75, 3.05) is 0 Å². The van der Waals surface area contributed by atoms with E-state index in [4.69, 9.17) is 19.4 Å². The fraction of sp³-hybridized carbons (Fsp3) is 0. The third-order valence-electron chi connectivity index (χ3n) is 10.6. The van der Waals surface area contributed by atoms with Crippen LogP contribution in [0.2, 0.25) is 0 Å². The fourth-order valence-electron chi connectivity index (χ4n) is 7.90. The molecule has 0 amide bonds. The number of benzene rings is 8. The van der Waals surface area contributed by atoms with Crippen LogP contribution in [0.3, 0.4) is 0 Å². The van der Waals surface area contributed by atoms with Crippen molar-refractivity contribution >= 4 is 53.4 Å². The van der Waals surface area contributed by atoms with Gasteiger partial charge in [0.05, 0.1) is 0 Å². The number of hydrogen-bond donors (Lipinski definition) is 0. The van der Waals surface area contributed by atoms with Crippen LogP contribution in [0.4, 0.5) is 0 Å². The SMILES string of the molecule is c1ccc(-c2cccc(-c3ccc(-c4cccc5sc6cc(-c7nc(-c8ccccc8)nc(-c8ccccc8)n7)ccc6c45)c4c3oc3ccccc34)c2)cc1. The first-order chi connectivity index (χ1) is 27.7. The zero-order valence-corrected chi connectivity index (χ0v) is 30.9. The molecule has 262 valence electrons. The first-order valence-corrected chi connectivity index (χ1v) is 19.5. The largest absolute Gasteiger partial charge is 0.455 e. The highest BCUT2D eigenvalue weighted by Gasteiger charge is 2.21. The summed E-state index contributed by atoms with van der Waals surface area (Å²) >= 11 is 1.80. The number of aromatic nitrogens is 3. The zero-order chi connectivity index (χ0) is 37.0. The molecule has 0 aliphatic carbocycles. The fourth-order valence-corrected chi connectivity index (χ4v) is 9.08. The first-order valence-electron chi connectivity index (χ1n) is 18.7. The summed E-state index contributed by atoms with van der Waals surface area (Å²) in [5, 5.41) is 4.66. The van der Waals surface area contributed by atoms with Gasteiger partial charge < -0.3 is 4.42 Å². The molecule has 0 aliphatic rings. The molecule has 0 atom stereocenters. The van der Waals surface area contributed by atoms with Crippen LogP contribution in [-0.4, -0.2) is 15.0 Å². The highest BCUT2D eigenvalue weighted by atomic mass is 32.1. The van der Waals surface area contributed by atoms with Gasteiger partial charge in [0.1, 0.15) is 11.2 Å². The molecule has 0 N–H and O–H groups in total. The monoisotopic (exact) mass is 733 g/mol. The Kier molecular flexibility index (Phi) is 7.64. The Balaban J connectivity index is 1.08. The minimum atomic E-state index is 0.649. The average Bonchev–Trinajstić information content (AvgIpc) is 3.86. The average molecular weight is 734 g/mol. The zero-order valence-electron chi connectivity index (χ0n) is 30.1. The van der Waals surface area contributed by atoms with Crippen molar-refractivity contribution in [2.45, 2.75) is 0 Å². The van der Waals surface area contributed by atoms with Gasteiger partial charge in [0.25, 0.3) is 0 Å².